The van der Waals surface area contributed by atoms with Crippen LogP contribution in [0.5, 0.6) is 0 Å². The number of hydrogen-bond donors (Lipinski definition) is 0. The van der Waals surface area contributed by atoms with Gasteiger partial charge in [0.1, 0.15) is 0 Å². The minimum atomic E-state index is -0.698. The van der Waals surface area contributed by atoms with Gasteiger partial charge in [-0.2, -0.15) is 0 Å². The monoisotopic (exact) mass is 146 g/mol. The minimum absolute atomic E-state index is 0.276. The van der Waals surface area contributed by atoms with Crippen molar-refractivity contribution in [3.05, 3.63) is 11.5 Å². The Balaban J connectivity index is 2.49. The van der Waals surface area contributed by atoms with Crippen LogP contribution in [0.3, 0.4) is 0 Å². The van der Waals surface area contributed by atoms with Gasteiger partial charge in [-0.15, -0.1) is 0 Å². The van der Waals surface area contributed by atoms with Crippen molar-refractivity contribution in [2.24, 2.45) is 0 Å². The van der Waals surface area contributed by atoms with Crippen molar-refractivity contribution in [1.82, 2.24) is 0 Å². The van der Waals surface area contributed by atoms with Gasteiger partial charge in [-0.05, 0) is 0 Å². The van der Waals surface area contributed by atoms with Crippen LogP contribution in [0.4, 0.5) is 0 Å². The number of rotatable bonds is 0. The Labute approximate surface area is 54.0 Å². The zero-order chi connectivity index (χ0) is 5.11. The molecule has 1 atom stereocenters. The maximum atomic E-state index is 10.5. The van der Waals surface area contributed by atoms with E-state index in [9.17, 15) is 4.55 Å². The van der Waals surface area contributed by atoms with Crippen molar-refractivity contribution in [1.29, 1.82) is 0 Å². The summed E-state index contributed by atoms with van der Waals surface area (Å²) in [5.41, 5.74) is 0. The predicted molar refractivity (Wildman–Crippen MR) is 36.7 cm³/mol. The van der Waals surface area contributed by atoms with Crippen molar-refractivity contribution in [2.45, 2.75) is 0 Å². The van der Waals surface area contributed by atoms with Crippen molar-refractivity contribution in [3.63, 3.8) is 0 Å². The fraction of sp³-hybridized carbons (Fsp3) is 0. The van der Waals surface area contributed by atoms with Gasteiger partial charge < -0.3 is 0 Å². The molecule has 1 nitrogen and oxygen atoms in total. The average molecular weight is 146 g/mol. The van der Waals surface area contributed by atoms with Crippen molar-refractivity contribution < 1.29 is 4.55 Å². The molecule has 0 aromatic heterocycles. The van der Waals surface area contributed by atoms with Gasteiger partial charge in [0.2, 0.25) is 0 Å². The van der Waals surface area contributed by atoms with E-state index in [1.54, 1.807) is 5.41 Å². The second-order valence-electron chi connectivity index (χ2n) is 1.01. The first-order valence-corrected chi connectivity index (χ1v) is 6.50. The van der Waals surface area contributed by atoms with Crippen LogP contribution < -0.4 is 0 Å². The number of allylic oxidation sites excluding steroid dienone is 1. The molecule has 36 valence electrons. The van der Waals surface area contributed by atoms with Crippen LogP contribution in [-0.4, -0.2) is 23.1 Å². The third-order valence-electron chi connectivity index (χ3n) is 0.530. The molecular weight excluding hydrogens is 143 g/mol. The SMILES string of the molecule is [O-][S+]1C=C[CH]=[Al][S]1. The van der Waals surface area contributed by atoms with Gasteiger partial charge in [0.15, 0.2) is 0 Å². The van der Waals surface area contributed by atoms with Gasteiger partial charge in [-0.1, -0.05) is 0 Å². The Morgan fingerprint density at radius 3 is 2.86 bits per heavy atom. The van der Waals surface area contributed by atoms with E-state index in [1.807, 2.05) is 6.08 Å². The maximum absolute atomic E-state index is 10.5. The second kappa shape index (κ2) is 2.96. The molecule has 0 radical (unpaired) electrons. The Hall–Kier alpha value is 0.802. The van der Waals surface area contributed by atoms with Crippen LogP contribution in [0.1, 0.15) is 0 Å². The summed E-state index contributed by atoms with van der Waals surface area (Å²) in [5.74, 6) is 0. The molecule has 1 unspecified atom stereocenters. The van der Waals surface area contributed by atoms with E-state index in [0.717, 1.165) is 0 Å². The molecule has 4 heteroatoms. The summed E-state index contributed by atoms with van der Waals surface area (Å²) in [6.07, 6.45) is 1.88. The standard InChI is InChI=1S/C3H4OS2.Al/c1-2-3-6(4)5;/h1-3H,(H,4,5);/q;+1/p-1. The van der Waals surface area contributed by atoms with Crippen LogP contribution in [0.15, 0.2) is 11.5 Å². The quantitative estimate of drug-likeness (QED) is 0.279. The van der Waals surface area contributed by atoms with Crippen LogP contribution in [0.2, 0.25) is 0 Å². The zero-order valence-corrected chi connectivity index (χ0v) is 6.32. The van der Waals surface area contributed by atoms with Crippen LogP contribution >= 0.6 is 9.16 Å². The molecule has 0 saturated carbocycles. The van der Waals surface area contributed by atoms with E-state index in [0.29, 0.717) is 0 Å². The molecule has 0 amide bonds. The molecule has 0 bridgehead atoms. The van der Waals surface area contributed by atoms with Gasteiger partial charge in [0.05, 0.1) is 0 Å². The van der Waals surface area contributed by atoms with E-state index in [-0.39, 0.29) is 13.6 Å². The fourth-order valence-electron chi connectivity index (χ4n) is 0.274. The summed E-state index contributed by atoms with van der Waals surface area (Å²) in [5, 5.41) is 1.71. The Kier molecular flexibility index (Phi) is 2.50. The Morgan fingerprint density at radius 1 is 1.71 bits per heavy atom. The Bertz CT molecular complexity index is 112. The van der Waals surface area contributed by atoms with Crippen LogP contribution in [0, 0.1) is 0 Å². The summed E-state index contributed by atoms with van der Waals surface area (Å²) < 4.78 is 10.5. The molecule has 0 aromatic carbocycles. The molecule has 7 heavy (non-hydrogen) atoms. The van der Waals surface area contributed by atoms with Gasteiger partial charge in [0.25, 0.3) is 0 Å². The zero-order valence-electron chi connectivity index (χ0n) is 3.53. The molecule has 0 N–H and O–H groups in total. The Morgan fingerprint density at radius 2 is 2.57 bits per heavy atom. The molecule has 0 aromatic rings. The first-order chi connectivity index (χ1) is 3.39. The third-order valence-corrected chi connectivity index (χ3v) is 6.00. The molecule has 1 aliphatic heterocycles. The van der Waals surface area contributed by atoms with E-state index in [2.05, 4.69) is 4.88 Å². The van der Waals surface area contributed by atoms with Crippen molar-refractivity contribution >= 4 is 37.9 Å². The molecule has 1 aliphatic rings. The van der Waals surface area contributed by atoms with Gasteiger partial charge >= 0.3 is 53.9 Å². The number of hydrogen-bond acceptors (Lipinski definition) is 2. The molecule has 0 fully saturated rings. The van der Waals surface area contributed by atoms with Gasteiger partial charge in [0, 0.05) is 0 Å². The fourth-order valence-corrected chi connectivity index (χ4v) is 4.41. The normalized spacial score (nSPS) is 27.3. The van der Waals surface area contributed by atoms with E-state index in [1.165, 1.54) is 9.16 Å². The molecule has 0 saturated heterocycles. The van der Waals surface area contributed by atoms with E-state index >= 15 is 0 Å². The molecular formula is C3H3AlOS2. The molecule has 0 spiro atoms. The van der Waals surface area contributed by atoms with E-state index in [4.69, 9.17) is 0 Å². The summed E-state index contributed by atoms with van der Waals surface area (Å²) in [4.78, 5) is 2.08. The summed E-state index contributed by atoms with van der Waals surface area (Å²) in [6.45, 7) is 0. The van der Waals surface area contributed by atoms with Crippen LogP contribution in [0.25, 0.3) is 0 Å². The van der Waals surface area contributed by atoms with Gasteiger partial charge in [-0.25, -0.2) is 0 Å². The predicted octanol–water partition coefficient (Wildman–Crippen LogP) is 0.332. The topological polar surface area (TPSA) is 23.1 Å². The first kappa shape index (κ1) is 5.93. The molecule has 1 heterocycles. The molecule has 0 aliphatic carbocycles. The van der Waals surface area contributed by atoms with Crippen molar-refractivity contribution in [3.8, 4) is 0 Å². The summed E-state index contributed by atoms with van der Waals surface area (Å²) in [6, 6.07) is 0. The van der Waals surface area contributed by atoms with Gasteiger partial charge in [-0.3, -0.25) is 0 Å². The summed E-state index contributed by atoms with van der Waals surface area (Å²) >= 11 is 0.276. The second-order valence-corrected chi connectivity index (χ2v) is 6.77. The average Bonchev–Trinajstić information content (AvgIpc) is 1.69. The first-order valence-electron chi connectivity index (χ1n) is 1.80. The molecule has 1 rings (SSSR count). The third kappa shape index (κ3) is 2.02. The van der Waals surface area contributed by atoms with Crippen LogP contribution in [-0.2, 0) is 10.2 Å². The summed E-state index contributed by atoms with van der Waals surface area (Å²) in [7, 11) is 0.833. The van der Waals surface area contributed by atoms with Crippen molar-refractivity contribution in [2.75, 3.05) is 0 Å². The van der Waals surface area contributed by atoms with E-state index < -0.39 is 10.2 Å².